The van der Waals surface area contributed by atoms with Crippen LogP contribution in [-0.4, -0.2) is 20.4 Å². The van der Waals surface area contributed by atoms with Crippen molar-refractivity contribution >= 4 is 33.2 Å². The standard InChI is InChI=1S/C19H23ClN2O3S/c1-11-8-13(3)18(14(4)9-11)26(24,25)22-15(5)19(23)21-17-7-6-16(20)10-12(17)2/h6-10,15,22H,1-5H3,(H,21,23). The molecule has 0 aliphatic heterocycles. The van der Waals surface area contributed by atoms with E-state index in [1.807, 2.05) is 26.0 Å². The molecule has 0 aliphatic rings. The second-order valence-electron chi connectivity index (χ2n) is 6.52. The lowest BCUT2D eigenvalue weighted by Gasteiger charge is -2.18. The Bertz CT molecular complexity index is 932. The number of sulfonamides is 1. The Morgan fingerprint density at radius 3 is 2.12 bits per heavy atom. The Labute approximate surface area is 159 Å². The van der Waals surface area contributed by atoms with Crippen LogP contribution in [0.3, 0.4) is 0 Å². The van der Waals surface area contributed by atoms with E-state index in [2.05, 4.69) is 10.0 Å². The Kier molecular flexibility index (Phi) is 6.11. The summed E-state index contributed by atoms with van der Waals surface area (Å²) in [4.78, 5) is 12.6. The van der Waals surface area contributed by atoms with Gasteiger partial charge in [-0.15, -0.1) is 0 Å². The van der Waals surface area contributed by atoms with Crippen molar-refractivity contribution in [1.29, 1.82) is 0 Å². The van der Waals surface area contributed by atoms with Gasteiger partial charge >= 0.3 is 0 Å². The maximum Gasteiger partial charge on any atom is 0.242 e. The van der Waals surface area contributed by atoms with Crippen molar-refractivity contribution in [2.75, 3.05) is 5.32 Å². The molecule has 0 spiro atoms. The summed E-state index contributed by atoms with van der Waals surface area (Å²) in [5, 5.41) is 3.29. The summed E-state index contributed by atoms with van der Waals surface area (Å²) in [6.45, 7) is 8.73. The van der Waals surface area contributed by atoms with Crippen molar-refractivity contribution in [3.8, 4) is 0 Å². The van der Waals surface area contributed by atoms with Crippen LogP contribution < -0.4 is 10.0 Å². The third-order valence-electron chi connectivity index (χ3n) is 4.04. The minimum Gasteiger partial charge on any atom is -0.324 e. The number of nitrogens with one attached hydrogen (secondary N) is 2. The molecule has 5 nitrogen and oxygen atoms in total. The molecular formula is C19H23ClN2O3S. The minimum absolute atomic E-state index is 0.213. The summed E-state index contributed by atoms with van der Waals surface area (Å²) in [7, 11) is -3.82. The van der Waals surface area contributed by atoms with Crippen LogP contribution in [0.5, 0.6) is 0 Å². The first kappa shape index (κ1) is 20.4. The monoisotopic (exact) mass is 394 g/mol. The largest absolute Gasteiger partial charge is 0.324 e. The molecule has 26 heavy (non-hydrogen) atoms. The molecule has 2 aromatic carbocycles. The van der Waals surface area contributed by atoms with Gasteiger partial charge in [0.1, 0.15) is 0 Å². The zero-order valence-corrected chi connectivity index (χ0v) is 17.0. The van der Waals surface area contributed by atoms with Crippen LogP contribution in [0.25, 0.3) is 0 Å². The SMILES string of the molecule is Cc1cc(C)c(S(=O)(=O)NC(C)C(=O)Nc2ccc(Cl)cc2C)c(C)c1. The quantitative estimate of drug-likeness (QED) is 0.808. The molecule has 2 aromatic rings. The van der Waals surface area contributed by atoms with E-state index < -0.39 is 22.0 Å². The van der Waals surface area contributed by atoms with Crippen LogP contribution in [0, 0.1) is 27.7 Å². The predicted molar refractivity (Wildman–Crippen MR) is 105 cm³/mol. The number of hydrogen-bond acceptors (Lipinski definition) is 3. The van der Waals surface area contributed by atoms with E-state index in [1.165, 1.54) is 6.92 Å². The maximum absolute atomic E-state index is 12.8. The summed E-state index contributed by atoms with van der Waals surface area (Å²) in [6.07, 6.45) is 0. The fourth-order valence-corrected chi connectivity index (χ4v) is 4.83. The van der Waals surface area contributed by atoms with Crippen molar-refractivity contribution in [2.45, 2.75) is 45.6 Å². The molecule has 2 rings (SSSR count). The highest BCUT2D eigenvalue weighted by atomic mass is 35.5. The van der Waals surface area contributed by atoms with Gasteiger partial charge in [-0.25, -0.2) is 8.42 Å². The summed E-state index contributed by atoms with van der Waals surface area (Å²) < 4.78 is 28.0. The Morgan fingerprint density at radius 1 is 1.00 bits per heavy atom. The van der Waals surface area contributed by atoms with Crippen molar-refractivity contribution in [3.63, 3.8) is 0 Å². The molecular weight excluding hydrogens is 372 g/mol. The molecule has 2 N–H and O–H groups in total. The van der Waals surface area contributed by atoms with Gasteiger partial charge in [-0.3, -0.25) is 4.79 Å². The first-order chi connectivity index (χ1) is 12.0. The number of carbonyl (C=O) groups is 1. The highest BCUT2D eigenvalue weighted by Crippen LogP contribution is 2.23. The molecule has 140 valence electrons. The van der Waals surface area contributed by atoms with E-state index in [-0.39, 0.29) is 4.90 Å². The van der Waals surface area contributed by atoms with Crippen LogP contribution in [0.4, 0.5) is 5.69 Å². The number of amides is 1. The van der Waals surface area contributed by atoms with Crippen molar-refractivity contribution in [3.05, 3.63) is 57.6 Å². The summed E-state index contributed by atoms with van der Waals surface area (Å²) in [6, 6.07) is 7.76. The zero-order chi connectivity index (χ0) is 19.6. The maximum atomic E-state index is 12.8. The summed E-state index contributed by atoms with van der Waals surface area (Å²) in [5.41, 5.74) is 3.68. The topological polar surface area (TPSA) is 75.3 Å². The molecule has 0 saturated carbocycles. The third-order valence-corrected chi connectivity index (χ3v) is 6.13. The van der Waals surface area contributed by atoms with Gasteiger partial charge in [0.2, 0.25) is 15.9 Å². The average molecular weight is 395 g/mol. The number of anilines is 1. The van der Waals surface area contributed by atoms with Crippen molar-refractivity contribution < 1.29 is 13.2 Å². The smallest absolute Gasteiger partial charge is 0.242 e. The minimum atomic E-state index is -3.82. The molecule has 0 saturated heterocycles. The molecule has 7 heteroatoms. The normalized spacial score (nSPS) is 12.7. The number of aryl methyl sites for hydroxylation is 4. The third kappa shape index (κ3) is 4.63. The van der Waals surface area contributed by atoms with E-state index in [0.717, 1.165) is 11.1 Å². The first-order valence-corrected chi connectivity index (χ1v) is 10.0. The van der Waals surface area contributed by atoms with Gasteiger partial charge in [0, 0.05) is 10.7 Å². The molecule has 0 aliphatic carbocycles. The predicted octanol–water partition coefficient (Wildman–Crippen LogP) is 3.88. The first-order valence-electron chi connectivity index (χ1n) is 8.18. The number of rotatable bonds is 5. The van der Waals surface area contributed by atoms with E-state index >= 15 is 0 Å². The van der Waals surface area contributed by atoms with Gasteiger partial charge in [0.05, 0.1) is 10.9 Å². The summed E-state index contributed by atoms with van der Waals surface area (Å²) in [5.74, 6) is -0.443. The second kappa shape index (κ2) is 7.78. The van der Waals surface area contributed by atoms with Gasteiger partial charge < -0.3 is 5.32 Å². The Balaban J connectivity index is 2.20. The van der Waals surface area contributed by atoms with Crippen LogP contribution in [0.15, 0.2) is 35.2 Å². The van der Waals surface area contributed by atoms with Crippen LogP contribution >= 0.6 is 11.6 Å². The number of halogens is 1. The van der Waals surface area contributed by atoms with Crippen LogP contribution in [0.2, 0.25) is 5.02 Å². The van der Waals surface area contributed by atoms with Crippen molar-refractivity contribution in [1.82, 2.24) is 4.72 Å². The lowest BCUT2D eigenvalue weighted by molar-refractivity contribution is -0.117. The van der Waals surface area contributed by atoms with E-state index in [4.69, 9.17) is 11.6 Å². The van der Waals surface area contributed by atoms with Gasteiger partial charge in [0.25, 0.3) is 0 Å². The number of carbonyl (C=O) groups excluding carboxylic acids is 1. The molecule has 0 aromatic heterocycles. The molecule has 0 bridgehead atoms. The van der Waals surface area contributed by atoms with E-state index in [9.17, 15) is 13.2 Å². The van der Waals surface area contributed by atoms with E-state index in [1.54, 1.807) is 32.0 Å². The van der Waals surface area contributed by atoms with Crippen LogP contribution in [0.1, 0.15) is 29.2 Å². The highest BCUT2D eigenvalue weighted by molar-refractivity contribution is 7.89. The highest BCUT2D eigenvalue weighted by Gasteiger charge is 2.25. The molecule has 0 radical (unpaired) electrons. The number of hydrogen-bond donors (Lipinski definition) is 2. The Morgan fingerprint density at radius 2 is 1.58 bits per heavy atom. The van der Waals surface area contributed by atoms with Crippen molar-refractivity contribution in [2.24, 2.45) is 0 Å². The summed E-state index contributed by atoms with van der Waals surface area (Å²) >= 11 is 5.91. The molecule has 0 heterocycles. The lowest BCUT2D eigenvalue weighted by atomic mass is 10.1. The molecule has 1 amide bonds. The zero-order valence-electron chi connectivity index (χ0n) is 15.5. The molecule has 1 unspecified atom stereocenters. The molecule has 1 atom stereocenters. The fourth-order valence-electron chi connectivity index (χ4n) is 2.94. The van der Waals surface area contributed by atoms with Gasteiger partial charge in [-0.2, -0.15) is 4.72 Å². The fraction of sp³-hybridized carbons (Fsp3) is 0.316. The second-order valence-corrected chi connectivity index (χ2v) is 8.61. The van der Waals surface area contributed by atoms with E-state index in [0.29, 0.717) is 21.8 Å². The molecule has 0 fully saturated rings. The van der Waals surface area contributed by atoms with Gasteiger partial charge in [-0.05, 0) is 69.5 Å². The number of benzene rings is 2. The average Bonchev–Trinajstić information content (AvgIpc) is 2.47. The Hall–Kier alpha value is -1.89. The van der Waals surface area contributed by atoms with Gasteiger partial charge in [-0.1, -0.05) is 29.3 Å². The van der Waals surface area contributed by atoms with Gasteiger partial charge in [0.15, 0.2) is 0 Å². The van der Waals surface area contributed by atoms with Crippen LogP contribution in [-0.2, 0) is 14.8 Å². The lowest BCUT2D eigenvalue weighted by Crippen LogP contribution is -2.42.